The predicted molar refractivity (Wildman–Crippen MR) is 99.8 cm³/mol. The largest absolute Gasteiger partial charge is 0.481 e. The minimum Gasteiger partial charge on any atom is -0.481 e. The van der Waals surface area contributed by atoms with Crippen molar-refractivity contribution >= 4 is 12.1 Å². The van der Waals surface area contributed by atoms with Gasteiger partial charge in [-0.1, -0.05) is 30.3 Å². The van der Waals surface area contributed by atoms with Crippen molar-refractivity contribution in [3.05, 3.63) is 35.9 Å². The molecule has 0 aromatic heterocycles. The molecular weight excluding hydrogens is 332 g/mol. The van der Waals surface area contributed by atoms with Crippen molar-refractivity contribution in [2.45, 2.75) is 58.8 Å². The van der Waals surface area contributed by atoms with Gasteiger partial charge in [-0.3, -0.25) is 9.69 Å². The first-order valence-electron chi connectivity index (χ1n) is 9.25. The van der Waals surface area contributed by atoms with Gasteiger partial charge in [0.25, 0.3) is 0 Å². The van der Waals surface area contributed by atoms with E-state index < -0.39 is 18.0 Å². The molecule has 1 heterocycles. The number of benzene rings is 1. The van der Waals surface area contributed by atoms with Gasteiger partial charge in [-0.25, -0.2) is 4.79 Å². The molecule has 0 aliphatic carbocycles. The van der Waals surface area contributed by atoms with E-state index in [2.05, 4.69) is 32.6 Å². The van der Waals surface area contributed by atoms with E-state index in [-0.39, 0.29) is 31.3 Å². The van der Waals surface area contributed by atoms with E-state index in [1.165, 1.54) is 0 Å². The molecule has 0 unspecified atom stereocenters. The maximum Gasteiger partial charge on any atom is 0.410 e. The highest BCUT2D eigenvalue weighted by Gasteiger charge is 2.38. The number of hydrogen-bond acceptors (Lipinski definition) is 4. The lowest BCUT2D eigenvalue weighted by atomic mass is 9.92. The summed E-state index contributed by atoms with van der Waals surface area (Å²) >= 11 is 0. The van der Waals surface area contributed by atoms with Crippen molar-refractivity contribution in [3.8, 4) is 0 Å². The molecule has 0 spiro atoms. The summed E-state index contributed by atoms with van der Waals surface area (Å²) in [5.41, 5.74) is 0.912. The summed E-state index contributed by atoms with van der Waals surface area (Å²) < 4.78 is 5.42. The van der Waals surface area contributed by atoms with Gasteiger partial charge in [0.1, 0.15) is 6.61 Å². The second-order valence-corrected chi connectivity index (χ2v) is 7.50. The number of piperidine rings is 1. The summed E-state index contributed by atoms with van der Waals surface area (Å²) in [6, 6.07) is 10.0. The van der Waals surface area contributed by atoms with E-state index in [0.717, 1.165) is 5.56 Å². The van der Waals surface area contributed by atoms with Gasteiger partial charge in [0, 0.05) is 31.2 Å². The van der Waals surface area contributed by atoms with Gasteiger partial charge < -0.3 is 14.7 Å². The summed E-state index contributed by atoms with van der Waals surface area (Å²) in [5.74, 6) is -1.43. The number of carbonyl (C=O) groups is 2. The van der Waals surface area contributed by atoms with Crippen LogP contribution in [0.15, 0.2) is 30.3 Å². The van der Waals surface area contributed by atoms with Crippen LogP contribution in [0.1, 0.15) is 39.7 Å². The van der Waals surface area contributed by atoms with E-state index in [1.807, 2.05) is 30.3 Å². The Morgan fingerprint density at radius 1 is 1.15 bits per heavy atom. The average molecular weight is 362 g/mol. The van der Waals surface area contributed by atoms with Crippen molar-refractivity contribution in [2.75, 3.05) is 13.1 Å². The molecule has 2 atom stereocenters. The Labute approximate surface area is 155 Å². The predicted octanol–water partition coefficient (Wildman–Crippen LogP) is 3.22. The van der Waals surface area contributed by atoms with Gasteiger partial charge in [-0.2, -0.15) is 0 Å². The molecular formula is C20H30N2O4. The van der Waals surface area contributed by atoms with Crippen molar-refractivity contribution < 1.29 is 19.4 Å². The third-order valence-electron chi connectivity index (χ3n) is 4.86. The van der Waals surface area contributed by atoms with Gasteiger partial charge in [0.15, 0.2) is 0 Å². The number of nitrogens with zero attached hydrogens (tertiary/aromatic N) is 2. The first-order chi connectivity index (χ1) is 12.3. The lowest BCUT2D eigenvalue weighted by Crippen LogP contribution is -2.57. The molecule has 1 amide bonds. The fourth-order valence-electron chi connectivity index (χ4n) is 3.87. The van der Waals surface area contributed by atoms with Crippen molar-refractivity contribution in [1.29, 1.82) is 0 Å². The Morgan fingerprint density at radius 2 is 1.77 bits per heavy atom. The number of aliphatic carboxylic acids is 1. The van der Waals surface area contributed by atoms with Crippen molar-refractivity contribution in [3.63, 3.8) is 0 Å². The maximum atomic E-state index is 12.5. The van der Waals surface area contributed by atoms with Crippen LogP contribution in [-0.4, -0.2) is 58.2 Å². The SMILES string of the molecule is CC(C)N(C(C)C)[C@H]1C[C@H](C(=O)O)CN(C(=O)OCc2ccccc2)C1. The lowest BCUT2D eigenvalue weighted by Gasteiger charge is -2.44. The molecule has 0 bridgehead atoms. The number of ether oxygens (including phenoxy) is 1. The molecule has 144 valence electrons. The average Bonchev–Trinajstić information content (AvgIpc) is 2.59. The highest BCUT2D eigenvalue weighted by atomic mass is 16.6. The Kier molecular flexibility index (Phi) is 7.03. The molecule has 0 saturated carbocycles. The Morgan fingerprint density at radius 3 is 2.31 bits per heavy atom. The molecule has 2 rings (SSSR count). The van der Waals surface area contributed by atoms with Crippen molar-refractivity contribution in [2.24, 2.45) is 5.92 Å². The van der Waals surface area contributed by atoms with Gasteiger partial charge in [-0.05, 0) is 39.7 Å². The summed E-state index contributed by atoms with van der Waals surface area (Å²) in [6.07, 6.45) is 0.103. The Bertz CT molecular complexity index is 595. The number of carbonyl (C=O) groups excluding carboxylic acids is 1. The second-order valence-electron chi connectivity index (χ2n) is 7.50. The van der Waals surface area contributed by atoms with Crippen LogP contribution in [-0.2, 0) is 16.1 Å². The highest BCUT2D eigenvalue weighted by molar-refractivity contribution is 5.73. The first kappa shape index (κ1) is 20.2. The van der Waals surface area contributed by atoms with Gasteiger partial charge >= 0.3 is 12.1 Å². The number of amides is 1. The Hall–Kier alpha value is -2.08. The molecule has 1 fully saturated rings. The fourth-order valence-corrected chi connectivity index (χ4v) is 3.87. The molecule has 6 heteroatoms. The van der Waals surface area contributed by atoms with Gasteiger partial charge in [0.2, 0.25) is 0 Å². The van der Waals surface area contributed by atoms with Crippen LogP contribution in [0.25, 0.3) is 0 Å². The smallest absolute Gasteiger partial charge is 0.410 e. The summed E-state index contributed by atoms with van der Waals surface area (Å²) in [5, 5.41) is 9.53. The third-order valence-corrected chi connectivity index (χ3v) is 4.86. The fraction of sp³-hybridized carbons (Fsp3) is 0.600. The monoisotopic (exact) mass is 362 g/mol. The summed E-state index contributed by atoms with van der Waals surface area (Å²) in [6.45, 7) is 9.28. The molecule has 1 saturated heterocycles. The standard InChI is InChI=1S/C20H30N2O4/c1-14(2)22(15(3)4)18-10-17(19(23)24)11-21(12-18)20(25)26-13-16-8-6-5-7-9-16/h5-9,14-15,17-18H,10-13H2,1-4H3,(H,23,24)/t17-,18-/m0/s1. The zero-order valence-corrected chi connectivity index (χ0v) is 16.1. The summed E-state index contributed by atoms with van der Waals surface area (Å²) in [4.78, 5) is 28.0. The number of carboxylic acid groups (broad SMARTS) is 1. The topological polar surface area (TPSA) is 70.1 Å². The van der Waals surface area contributed by atoms with Crippen LogP contribution < -0.4 is 0 Å². The molecule has 1 aliphatic rings. The van der Waals surface area contributed by atoms with Crippen LogP contribution in [0, 0.1) is 5.92 Å². The molecule has 1 aromatic rings. The normalized spacial score (nSPS) is 20.7. The minimum absolute atomic E-state index is 0.00845. The minimum atomic E-state index is -0.858. The van der Waals surface area contributed by atoms with E-state index in [0.29, 0.717) is 13.0 Å². The van der Waals surface area contributed by atoms with E-state index >= 15 is 0 Å². The molecule has 1 N–H and O–H groups in total. The molecule has 26 heavy (non-hydrogen) atoms. The quantitative estimate of drug-likeness (QED) is 0.841. The molecule has 1 aromatic carbocycles. The van der Waals surface area contributed by atoms with E-state index in [9.17, 15) is 14.7 Å². The zero-order valence-electron chi connectivity index (χ0n) is 16.1. The number of likely N-dealkylation sites (tertiary alicyclic amines) is 1. The van der Waals surface area contributed by atoms with Crippen LogP contribution in [0.4, 0.5) is 4.79 Å². The number of rotatable bonds is 6. The van der Waals surface area contributed by atoms with Gasteiger partial charge in [0.05, 0.1) is 5.92 Å². The molecule has 0 radical (unpaired) electrons. The van der Waals surface area contributed by atoms with Crippen molar-refractivity contribution in [1.82, 2.24) is 9.80 Å². The van der Waals surface area contributed by atoms with Crippen LogP contribution in [0.2, 0.25) is 0 Å². The van der Waals surface area contributed by atoms with E-state index in [4.69, 9.17) is 4.74 Å². The number of hydrogen-bond donors (Lipinski definition) is 1. The summed E-state index contributed by atoms with van der Waals surface area (Å²) in [7, 11) is 0. The van der Waals surface area contributed by atoms with Crippen LogP contribution in [0.5, 0.6) is 0 Å². The highest BCUT2D eigenvalue weighted by Crippen LogP contribution is 2.25. The molecule has 6 nitrogen and oxygen atoms in total. The zero-order chi connectivity index (χ0) is 19.3. The van der Waals surface area contributed by atoms with Crippen LogP contribution >= 0.6 is 0 Å². The van der Waals surface area contributed by atoms with Gasteiger partial charge in [-0.15, -0.1) is 0 Å². The van der Waals surface area contributed by atoms with Crippen LogP contribution in [0.3, 0.4) is 0 Å². The first-order valence-corrected chi connectivity index (χ1v) is 9.25. The maximum absolute atomic E-state index is 12.5. The van der Waals surface area contributed by atoms with E-state index in [1.54, 1.807) is 4.90 Å². The number of carboxylic acids is 1. The molecule has 1 aliphatic heterocycles. The Balaban J connectivity index is 2.08. The lowest BCUT2D eigenvalue weighted by molar-refractivity contribution is -0.144. The third kappa shape index (κ3) is 5.21. The second kappa shape index (κ2) is 9.03.